The number of hydrogen-bond acceptors (Lipinski definition) is 5. The molecule has 0 saturated carbocycles. The zero-order valence-corrected chi connectivity index (χ0v) is 12.5. The summed E-state index contributed by atoms with van der Waals surface area (Å²) < 4.78 is 4.91. The Labute approximate surface area is 123 Å². The van der Waals surface area contributed by atoms with Crippen LogP contribution in [0.3, 0.4) is 0 Å². The van der Waals surface area contributed by atoms with Crippen molar-refractivity contribution < 1.29 is 14.5 Å². The molecule has 0 aliphatic rings. The van der Waals surface area contributed by atoms with E-state index < -0.39 is 4.92 Å². The number of nitro benzene ring substituents is 1. The van der Waals surface area contributed by atoms with E-state index in [1.54, 1.807) is 6.07 Å². The van der Waals surface area contributed by atoms with Crippen LogP contribution in [-0.4, -0.2) is 24.5 Å². The summed E-state index contributed by atoms with van der Waals surface area (Å²) in [6.45, 7) is 4.25. The number of ether oxygens (including phenoxy) is 1. The molecule has 116 valence electrons. The van der Waals surface area contributed by atoms with Gasteiger partial charge in [0, 0.05) is 18.3 Å². The molecular weight excluding hydrogens is 274 g/mol. The summed E-state index contributed by atoms with van der Waals surface area (Å²) >= 11 is 0. The molecule has 0 heterocycles. The standard InChI is InChI=1S/C14H21N3O4/c1-9(2)6-10(8-15)14(18)16-11-4-5-13(21-3)12(7-11)17(19)20/h4-5,7,9-10H,6,8,15H2,1-3H3,(H,16,18). The molecular formula is C14H21N3O4. The minimum atomic E-state index is -0.553. The highest BCUT2D eigenvalue weighted by Gasteiger charge is 2.20. The summed E-state index contributed by atoms with van der Waals surface area (Å²) in [5.41, 5.74) is 5.78. The lowest BCUT2D eigenvalue weighted by atomic mass is 9.96. The van der Waals surface area contributed by atoms with Crippen molar-refractivity contribution in [2.24, 2.45) is 17.6 Å². The zero-order valence-electron chi connectivity index (χ0n) is 12.5. The number of amides is 1. The number of nitrogens with zero attached hydrogens (tertiary/aromatic N) is 1. The number of benzene rings is 1. The third-order valence-electron chi connectivity index (χ3n) is 3.05. The summed E-state index contributed by atoms with van der Waals surface area (Å²) in [4.78, 5) is 22.5. The molecule has 0 saturated heterocycles. The van der Waals surface area contributed by atoms with Gasteiger partial charge in [-0.15, -0.1) is 0 Å². The van der Waals surface area contributed by atoms with E-state index in [4.69, 9.17) is 10.5 Å². The Morgan fingerprint density at radius 1 is 1.48 bits per heavy atom. The lowest BCUT2D eigenvalue weighted by Gasteiger charge is -2.16. The molecule has 1 rings (SSSR count). The third kappa shape index (κ3) is 4.71. The van der Waals surface area contributed by atoms with Crippen molar-refractivity contribution in [2.75, 3.05) is 19.0 Å². The van der Waals surface area contributed by atoms with E-state index in [-0.39, 0.29) is 29.8 Å². The molecule has 1 atom stereocenters. The van der Waals surface area contributed by atoms with E-state index >= 15 is 0 Å². The van der Waals surface area contributed by atoms with Crippen LogP contribution >= 0.6 is 0 Å². The molecule has 1 aromatic carbocycles. The Balaban J connectivity index is 2.89. The van der Waals surface area contributed by atoms with Gasteiger partial charge < -0.3 is 15.8 Å². The minimum Gasteiger partial charge on any atom is -0.490 e. The highest BCUT2D eigenvalue weighted by molar-refractivity contribution is 5.93. The smallest absolute Gasteiger partial charge is 0.312 e. The van der Waals surface area contributed by atoms with Crippen molar-refractivity contribution in [1.29, 1.82) is 0 Å². The van der Waals surface area contributed by atoms with Crippen LogP contribution in [0.4, 0.5) is 11.4 Å². The van der Waals surface area contributed by atoms with E-state index in [1.807, 2.05) is 13.8 Å². The molecule has 0 radical (unpaired) electrons. The van der Waals surface area contributed by atoms with Gasteiger partial charge in [0.05, 0.1) is 18.0 Å². The lowest BCUT2D eigenvalue weighted by Crippen LogP contribution is -2.30. The van der Waals surface area contributed by atoms with Crippen molar-refractivity contribution in [3.63, 3.8) is 0 Å². The fourth-order valence-electron chi connectivity index (χ4n) is 2.03. The second kappa shape index (κ2) is 7.58. The summed E-state index contributed by atoms with van der Waals surface area (Å²) in [7, 11) is 1.35. The molecule has 3 N–H and O–H groups in total. The first-order valence-electron chi connectivity index (χ1n) is 6.72. The fraction of sp³-hybridized carbons (Fsp3) is 0.500. The van der Waals surface area contributed by atoms with Gasteiger partial charge in [0.15, 0.2) is 5.75 Å². The van der Waals surface area contributed by atoms with Crippen molar-refractivity contribution in [3.05, 3.63) is 28.3 Å². The van der Waals surface area contributed by atoms with Crippen LogP contribution in [0.5, 0.6) is 5.75 Å². The number of anilines is 1. The minimum absolute atomic E-state index is 0.149. The number of methoxy groups -OCH3 is 1. The maximum Gasteiger partial charge on any atom is 0.312 e. The molecule has 7 nitrogen and oxygen atoms in total. The van der Waals surface area contributed by atoms with Gasteiger partial charge in [-0.2, -0.15) is 0 Å². The van der Waals surface area contributed by atoms with Gasteiger partial charge in [-0.05, 0) is 24.5 Å². The summed E-state index contributed by atoms with van der Waals surface area (Å²) in [5.74, 6) is -0.0538. The highest BCUT2D eigenvalue weighted by Crippen LogP contribution is 2.29. The monoisotopic (exact) mass is 295 g/mol. The van der Waals surface area contributed by atoms with E-state index in [0.29, 0.717) is 18.0 Å². The highest BCUT2D eigenvalue weighted by atomic mass is 16.6. The number of carbonyl (C=O) groups is 1. The van der Waals surface area contributed by atoms with Gasteiger partial charge in [0.1, 0.15) is 0 Å². The first kappa shape index (κ1) is 16.9. The van der Waals surface area contributed by atoms with Crippen molar-refractivity contribution in [1.82, 2.24) is 0 Å². The number of rotatable bonds is 7. The maximum absolute atomic E-state index is 12.1. The molecule has 0 bridgehead atoms. The number of carbonyl (C=O) groups excluding carboxylic acids is 1. The predicted octanol–water partition coefficient (Wildman–Crippen LogP) is 2.16. The summed E-state index contributed by atoms with van der Waals surface area (Å²) in [6.07, 6.45) is 0.667. The van der Waals surface area contributed by atoms with E-state index in [9.17, 15) is 14.9 Å². The van der Waals surface area contributed by atoms with Gasteiger partial charge in [-0.3, -0.25) is 14.9 Å². The quantitative estimate of drug-likeness (QED) is 0.592. The molecule has 7 heteroatoms. The van der Waals surface area contributed by atoms with Gasteiger partial charge in [0.2, 0.25) is 5.91 Å². The van der Waals surface area contributed by atoms with Gasteiger partial charge in [-0.1, -0.05) is 13.8 Å². The molecule has 1 amide bonds. The topological polar surface area (TPSA) is 107 Å². The normalized spacial score (nSPS) is 12.0. The van der Waals surface area contributed by atoms with E-state index in [0.717, 1.165) is 0 Å². The molecule has 0 fully saturated rings. The summed E-state index contributed by atoms with van der Waals surface area (Å²) in [5, 5.41) is 13.6. The maximum atomic E-state index is 12.1. The second-order valence-electron chi connectivity index (χ2n) is 5.20. The molecule has 0 aliphatic carbocycles. The Hall–Kier alpha value is -2.15. The molecule has 21 heavy (non-hydrogen) atoms. The zero-order chi connectivity index (χ0) is 16.0. The van der Waals surface area contributed by atoms with Crippen molar-refractivity contribution >= 4 is 17.3 Å². The van der Waals surface area contributed by atoms with Gasteiger partial charge in [0.25, 0.3) is 0 Å². The Morgan fingerprint density at radius 3 is 2.62 bits per heavy atom. The third-order valence-corrected chi connectivity index (χ3v) is 3.05. The van der Waals surface area contributed by atoms with Crippen LogP contribution < -0.4 is 15.8 Å². The largest absolute Gasteiger partial charge is 0.490 e. The SMILES string of the molecule is COc1ccc(NC(=O)C(CN)CC(C)C)cc1[N+](=O)[O-]. The molecule has 0 aliphatic heterocycles. The number of hydrogen-bond donors (Lipinski definition) is 2. The molecule has 0 aromatic heterocycles. The first-order valence-corrected chi connectivity index (χ1v) is 6.72. The van der Waals surface area contributed by atoms with Gasteiger partial charge >= 0.3 is 5.69 Å². The van der Waals surface area contributed by atoms with Crippen LogP contribution in [0, 0.1) is 22.0 Å². The van der Waals surface area contributed by atoms with Crippen molar-refractivity contribution in [3.8, 4) is 5.75 Å². The van der Waals surface area contributed by atoms with Crippen LogP contribution in [0.2, 0.25) is 0 Å². The van der Waals surface area contributed by atoms with Crippen LogP contribution in [-0.2, 0) is 4.79 Å². The number of nitrogens with one attached hydrogen (secondary N) is 1. The first-order chi connectivity index (χ1) is 9.88. The van der Waals surface area contributed by atoms with Crippen LogP contribution in [0.15, 0.2) is 18.2 Å². The fourth-order valence-corrected chi connectivity index (χ4v) is 2.03. The Bertz CT molecular complexity index is 517. The molecule has 1 unspecified atom stereocenters. The number of nitro groups is 1. The van der Waals surface area contributed by atoms with Crippen LogP contribution in [0.1, 0.15) is 20.3 Å². The molecule has 0 spiro atoms. The van der Waals surface area contributed by atoms with E-state index in [2.05, 4.69) is 5.32 Å². The van der Waals surface area contributed by atoms with Crippen molar-refractivity contribution in [2.45, 2.75) is 20.3 Å². The number of nitrogens with two attached hydrogens (primary N) is 1. The average Bonchev–Trinajstić information content (AvgIpc) is 2.44. The summed E-state index contributed by atoms with van der Waals surface area (Å²) in [6, 6.07) is 4.29. The second-order valence-corrected chi connectivity index (χ2v) is 5.20. The van der Waals surface area contributed by atoms with E-state index in [1.165, 1.54) is 19.2 Å². The Morgan fingerprint density at radius 2 is 2.14 bits per heavy atom. The Kier molecular flexibility index (Phi) is 6.10. The van der Waals surface area contributed by atoms with Crippen LogP contribution in [0.25, 0.3) is 0 Å². The molecule has 1 aromatic rings. The predicted molar refractivity (Wildman–Crippen MR) is 80.3 cm³/mol. The average molecular weight is 295 g/mol. The van der Waals surface area contributed by atoms with Gasteiger partial charge in [-0.25, -0.2) is 0 Å². The lowest BCUT2D eigenvalue weighted by molar-refractivity contribution is -0.385.